The third-order valence-electron chi connectivity index (χ3n) is 6.47. The van der Waals surface area contributed by atoms with Gasteiger partial charge in [0, 0.05) is 55.5 Å². The molecule has 1 aromatic heterocycles. The summed E-state index contributed by atoms with van der Waals surface area (Å²) in [5.41, 5.74) is 4.58. The first-order valence-corrected chi connectivity index (χ1v) is 11.6. The minimum Gasteiger partial charge on any atom is -0.459 e. The molecule has 2 heterocycles. The number of aromatic nitrogens is 1. The topological polar surface area (TPSA) is 39.2 Å². The average molecular weight is 485 g/mol. The van der Waals surface area contributed by atoms with Crippen molar-refractivity contribution < 1.29 is 9.53 Å². The van der Waals surface area contributed by atoms with Crippen LogP contribution in [-0.2, 0) is 9.53 Å². The molecule has 6 heteroatoms. The molecule has 2 aromatic carbocycles. The number of cyclic esters (lactones) is 1. The van der Waals surface area contributed by atoms with E-state index < -0.39 is 0 Å². The molecular weight excluding hydrogens is 465 g/mol. The van der Waals surface area contributed by atoms with Crippen molar-refractivity contribution in [3.63, 3.8) is 0 Å². The van der Waals surface area contributed by atoms with Crippen LogP contribution in [0.3, 0.4) is 0 Å². The highest BCUT2D eigenvalue weighted by Crippen LogP contribution is 2.51. The van der Waals surface area contributed by atoms with Crippen LogP contribution in [0.1, 0.15) is 36.4 Å². The Labute approximate surface area is 202 Å². The number of hydrogen-bond donors (Lipinski definition) is 0. The molecule has 1 aliphatic heterocycles. The predicted octanol–water partition coefficient (Wildman–Crippen LogP) is 7.47. The van der Waals surface area contributed by atoms with E-state index in [1.165, 1.54) is 5.56 Å². The van der Waals surface area contributed by atoms with Crippen LogP contribution in [0.25, 0.3) is 11.1 Å². The van der Waals surface area contributed by atoms with Crippen LogP contribution in [0.2, 0.25) is 15.1 Å². The number of carbonyl (C=O) groups is 1. The predicted molar refractivity (Wildman–Crippen MR) is 128 cm³/mol. The number of pyridine rings is 1. The van der Waals surface area contributed by atoms with Crippen LogP contribution in [0.5, 0.6) is 0 Å². The van der Waals surface area contributed by atoms with Gasteiger partial charge in [-0.2, -0.15) is 0 Å². The van der Waals surface area contributed by atoms with Gasteiger partial charge in [-0.1, -0.05) is 59.1 Å². The maximum Gasteiger partial charge on any atom is 0.334 e. The second-order valence-electron chi connectivity index (χ2n) is 8.31. The van der Waals surface area contributed by atoms with Crippen LogP contribution in [0.4, 0.5) is 0 Å². The number of halogens is 3. The molecule has 2 aliphatic rings. The maximum absolute atomic E-state index is 12.4. The second-order valence-corrected chi connectivity index (χ2v) is 9.59. The fraction of sp³-hybridized carbons (Fsp3) is 0.231. The molecule has 4 atom stereocenters. The van der Waals surface area contributed by atoms with Crippen molar-refractivity contribution in [3.05, 3.63) is 98.8 Å². The van der Waals surface area contributed by atoms with Crippen LogP contribution in [0, 0.1) is 5.92 Å². The lowest BCUT2D eigenvalue weighted by Crippen LogP contribution is -2.30. The zero-order valence-corrected chi connectivity index (χ0v) is 19.5. The van der Waals surface area contributed by atoms with Crippen molar-refractivity contribution in [1.82, 2.24) is 4.98 Å². The quantitative estimate of drug-likeness (QED) is 0.362. The molecule has 162 valence electrons. The van der Waals surface area contributed by atoms with Crippen LogP contribution in [-0.4, -0.2) is 17.1 Å². The van der Waals surface area contributed by atoms with E-state index in [2.05, 4.69) is 12.1 Å². The molecule has 0 saturated carbocycles. The number of fused-ring (bicyclic) bond motifs is 1. The summed E-state index contributed by atoms with van der Waals surface area (Å²) in [5, 5.41) is 1.94. The fourth-order valence-corrected chi connectivity index (χ4v) is 5.50. The molecule has 0 radical (unpaired) electrons. The molecule has 0 spiro atoms. The molecule has 0 amide bonds. The van der Waals surface area contributed by atoms with Gasteiger partial charge in [-0.05, 0) is 61.2 Å². The number of nitrogens with zero attached hydrogens (tertiary/aromatic N) is 1. The normalized spacial score (nSPS) is 24.6. The first-order valence-electron chi connectivity index (χ1n) is 10.5. The molecule has 3 aromatic rings. The number of carbonyl (C=O) groups excluding carboxylic acids is 1. The van der Waals surface area contributed by atoms with Crippen molar-refractivity contribution >= 4 is 40.8 Å². The lowest BCUT2D eigenvalue weighted by Gasteiger charge is -2.35. The number of allylic oxidation sites excluding steroid dienone is 1. The monoisotopic (exact) mass is 483 g/mol. The number of ether oxygens (including phenoxy) is 1. The van der Waals surface area contributed by atoms with Gasteiger partial charge in [0.25, 0.3) is 0 Å². The molecule has 0 bridgehead atoms. The fourth-order valence-electron chi connectivity index (χ4n) is 4.98. The molecule has 1 fully saturated rings. The average Bonchev–Trinajstić information content (AvgIpc) is 3.09. The Morgan fingerprint density at radius 1 is 0.938 bits per heavy atom. The first kappa shape index (κ1) is 21.5. The van der Waals surface area contributed by atoms with Gasteiger partial charge in [0.15, 0.2) is 0 Å². The number of esters is 1. The Hall–Kier alpha value is -2.33. The third-order valence-corrected chi connectivity index (χ3v) is 7.29. The van der Waals surface area contributed by atoms with Gasteiger partial charge in [-0.25, -0.2) is 4.79 Å². The van der Waals surface area contributed by atoms with E-state index in [1.807, 2.05) is 49.5 Å². The summed E-state index contributed by atoms with van der Waals surface area (Å²) in [4.78, 5) is 17.3. The maximum atomic E-state index is 12.4. The molecule has 1 saturated heterocycles. The Bertz CT molecular complexity index is 1200. The van der Waals surface area contributed by atoms with E-state index in [4.69, 9.17) is 44.5 Å². The highest BCUT2D eigenvalue weighted by molar-refractivity contribution is 6.35. The van der Waals surface area contributed by atoms with Gasteiger partial charge in [0.1, 0.15) is 6.10 Å². The summed E-state index contributed by atoms with van der Waals surface area (Å²) in [7, 11) is 0. The Morgan fingerprint density at radius 3 is 2.41 bits per heavy atom. The number of rotatable bonds is 3. The molecule has 5 rings (SSSR count). The van der Waals surface area contributed by atoms with E-state index in [0.29, 0.717) is 15.1 Å². The summed E-state index contributed by atoms with van der Waals surface area (Å²) >= 11 is 18.7. The molecule has 32 heavy (non-hydrogen) atoms. The number of benzene rings is 2. The summed E-state index contributed by atoms with van der Waals surface area (Å²) in [5.74, 6) is -0.109. The molecular formula is C26H20Cl3NO2. The highest BCUT2D eigenvalue weighted by atomic mass is 35.5. The Morgan fingerprint density at radius 2 is 1.69 bits per heavy atom. The number of hydrogen-bond acceptors (Lipinski definition) is 3. The summed E-state index contributed by atoms with van der Waals surface area (Å²) in [6.07, 6.45) is 4.39. The van der Waals surface area contributed by atoms with Crippen molar-refractivity contribution in [2.75, 3.05) is 0 Å². The Kier molecular flexibility index (Phi) is 5.75. The second kappa shape index (κ2) is 8.55. The SMILES string of the molecule is C[C@H]1OC(=O)C2=CC[C@@H](c3ccc(Cl)cc3)[C@H](c3ccc(-c4cc(Cl)ccc4Cl)cn3)[C@@H]21. The minimum atomic E-state index is -0.218. The molecule has 0 N–H and O–H groups in total. The minimum absolute atomic E-state index is 0.00140. The van der Waals surface area contributed by atoms with Crippen molar-refractivity contribution in [2.24, 2.45) is 5.92 Å². The highest BCUT2D eigenvalue weighted by Gasteiger charge is 2.48. The standard InChI is InChI=1S/C26H20Cl3NO2/c1-14-24-20(26(31)32-14)9-8-19(15-2-5-17(27)6-3-15)25(24)23-11-4-16(13-30-23)21-12-18(28)7-10-22(21)29/h2-7,9-14,19,24-25H,8H2,1H3/t14-,19+,24-,25-/m1/s1. The Balaban J connectivity index is 1.57. The zero-order chi connectivity index (χ0) is 22.4. The first-order chi connectivity index (χ1) is 15.4. The van der Waals surface area contributed by atoms with Gasteiger partial charge in [-0.15, -0.1) is 0 Å². The largest absolute Gasteiger partial charge is 0.459 e. The van der Waals surface area contributed by atoms with Crippen molar-refractivity contribution in [3.8, 4) is 11.1 Å². The van der Waals surface area contributed by atoms with Gasteiger partial charge in [0.05, 0.1) is 0 Å². The lowest BCUT2D eigenvalue weighted by atomic mass is 9.67. The van der Waals surface area contributed by atoms with E-state index in [-0.39, 0.29) is 29.8 Å². The van der Waals surface area contributed by atoms with E-state index in [9.17, 15) is 4.79 Å². The van der Waals surface area contributed by atoms with Crippen LogP contribution >= 0.6 is 34.8 Å². The summed E-state index contributed by atoms with van der Waals surface area (Å²) in [6.45, 7) is 1.96. The van der Waals surface area contributed by atoms with Gasteiger partial charge in [-0.3, -0.25) is 4.98 Å². The van der Waals surface area contributed by atoms with Crippen LogP contribution < -0.4 is 0 Å². The zero-order valence-electron chi connectivity index (χ0n) is 17.3. The van der Waals surface area contributed by atoms with Crippen LogP contribution in [0.15, 0.2) is 72.4 Å². The third kappa shape index (κ3) is 3.83. The van der Waals surface area contributed by atoms with Gasteiger partial charge < -0.3 is 4.74 Å². The van der Waals surface area contributed by atoms with E-state index in [1.54, 1.807) is 12.1 Å². The van der Waals surface area contributed by atoms with E-state index >= 15 is 0 Å². The lowest BCUT2D eigenvalue weighted by molar-refractivity contribution is -0.138. The van der Waals surface area contributed by atoms with Gasteiger partial charge >= 0.3 is 5.97 Å². The van der Waals surface area contributed by atoms with Crippen molar-refractivity contribution in [2.45, 2.75) is 31.3 Å². The molecule has 3 nitrogen and oxygen atoms in total. The summed E-state index contributed by atoms with van der Waals surface area (Å²) < 4.78 is 5.60. The smallest absolute Gasteiger partial charge is 0.334 e. The van der Waals surface area contributed by atoms with Crippen molar-refractivity contribution in [1.29, 1.82) is 0 Å². The molecule has 0 unspecified atom stereocenters. The van der Waals surface area contributed by atoms with Gasteiger partial charge in [0.2, 0.25) is 0 Å². The summed E-state index contributed by atoms with van der Waals surface area (Å²) in [6, 6.07) is 17.4. The molecule has 1 aliphatic carbocycles. The van der Waals surface area contributed by atoms with E-state index in [0.717, 1.165) is 28.8 Å².